The second-order valence-electron chi connectivity index (χ2n) is 4.40. The number of aromatic amines is 1. The van der Waals surface area contributed by atoms with Crippen molar-refractivity contribution < 1.29 is 0 Å². The van der Waals surface area contributed by atoms with Gasteiger partial charge in [0.05, 0.1) is 6.04 Å². The summed E-state index contributed by atoms with van der Waals surface area (Å²) in [5, 5.41) is 6.99. The zero-order valence-corrected chi connectivity index (χ0v) is 11.1. The lowest BCUT2D eigenvalue weighted by atomic mass is 10.1. The highest BCUT2D eigenvalue weighted by molar-refractivity contribution is 7.10. The van der Waals surface area contributed by atoms with Crippen LogP contribution in [0.5, 0.6) is 0 Å². The number of fused-ring (bicyclic) bond motifs is 1. The van der Waals surface area contributed by atoms with Crippen LogP contribution in [0.1, 0.15) is 24.3 Å². The number of anilines is 1. The molecule has 0 bridgehead atoms. The maximum atomic E-state index is 3.61. The summed E-state index contributed by atoms with van der Waals surface area (Å²) >= 11 is 1.81. The van der Waals surface area contributed by atoms with E-state index in [-0.39, 0.29) is 0 Å². The monoisotopic (exact) mass is 256 g/mol. The van der Waals surface area contributed by atoms with E-state index in [0.717, 1.165) is 6.42 Å². The normalized spacial score (nSPS) is 12.7. The molecule has 1 unspecified atom stereocenters. The number of rotatable bonds is 4. The van der Waals surface area contributed by atoms with Crippen molar-refractivity contribution >= 4 is 27.9 Å². The third-order valence-corrected chi connectivity index (χ3v) is 4.18. The van der Waals surface area contributed by atoms with Crippen LogP contribution in [0, 0.1) is 0 Å². The molecule has 2 aromatic heterocycles. The van der Waals surface area contributed by atoms with E-state index in [1.54, 1.807) is 0 Å². The average molecular weight is 256 g/mol. The lowest BCUT2D eigenvalue weighted by Crippen LogP contribution is -2.07. The van der Waals surface area contributed by atoms with Crippen molar-refractivity contribution in [2.75, 3.05) is 5.32 Å². The summed E-state index contributed by atoms with van der Waals surface area (Å²) < 4.78 is 0. The van der Waals surface area contributed by atoms with Crippen molar-refractivity contribution in [3.8, 4) is 0 Å². The zero-order chi connectivity index (χ0) is 12.4. The third-order valence-electron chi connectivity index (χ3n) is 3.19. The van der Waals surface area contributed by atoms with E-state index in [1.165, 1.54) is 21.5 Å². The van der Waals surface area contributed by atoms with Gasteiger partial charge in [-0.15, -0.1) is 11.3 Å². The smallest absolute Gasteiger partial charge is 0.0604 e. The molecule has 1 atom stereocenters. The molecule has 0 aliphatic carbocycles. The number of nitrogens with one attached hydrogen (secondary N) is 2. The summed E-state index contributed by atoms with van der Waals surface area (Å²) in [6.45, 7) is 2.21. The van der Waals surface area contributed by atoms with Gasteiger partial charge in [-0.2, -0.15) is 0 Å². The van der Waals surface area contributed by atoms with E-state index in [1.807, 2.05) is 17.5 Å². The minimum absolute atomic E-state index is 0.404. The first-order valence-corrected chi connectivity index (χ1v) is 7.12. The van der Waals surface area contributed by atoms with Crippen molar-refractivity contribution in [2.45, 2.75) is 19.4 Å². The molecule has 2 nitrogen and oxygen atoms in total. The van der Waals surface area contributed by atoms with Gasteiger partial charge >= 0.3 is 0 Å². The van der Waals surface area contributed by atoms with Crippen LogP contribution in [-0.2, 0) is 0 Å². The fourth-order valence-corrected chi connectivity index (χ4v) is 3.07. The molecule has 0 radical (unpaired) electrons. The van der Waals surface area contributed by atoms with Crippen molar-refractivity contribution in [1.82, 2.24) is 4.98 Å². The van der Waals surface area contributed by atoms with Crippen LogP contribution in [0.3, 0.4) is 0 Å². The number of thiophene rings is 1. The van der Waals surface area contributed by atoms with Crippen LogP contribution in [0.15, 0.2) is 48.0 Å². The Morgan fingerprint density at radius 3 is 3.00 bits per heavy atom. The molecule has 0 spiro atoms. The number of aromatic nitrogens is 1. The first-order valence-electron chi connectivity index (χ1n) is 6.24. The molecule has 0 fully saturated rings. The van der Waals surface area contributed by atoms with Gasteiger partial charge in [0.15, 0.2) is 0 Å². The summed E-state index contributed by atoms with van der Waals surface area (Å²) in [6, 6.07) is 13.3. The van der Waals surface area contributed by atoms with Gasteiger partial charge in [-0.05, 0) is 42.1 Å². The summed E-state index contributed by atoms with van der Waals surface area (Å²) in [4.78, 5) is 4.61. The number of hydrogen-bond donors (Lipinski definition) is 2. The Morgan fingerprint density at radius 2 is 2.22 bits per heavy atom. The Balaban J connectivity index is 1.86. The number of H-pyrrole nitrogens is 1. The van der Waals surface area contributed by atoms with Gasteiger partial charge in [-0.1, -0.05) is 13.0 Å². The Morgan fingerprint density at radius 1 is 1.28 bits per heavy atom. The molecule has 0 aliphatic rings. The van der Waals surface area contributed by atoms with Gasteiger partial charge in [0.2, 0.25) is 0 Å². The molecule has 0 amide bonds. The van der Waals surface area contributed by atoms with Gasteiger partial charge in [0, 0.05) is 27.7 Å². The lowest BCUT2D eigenvalue weighted by molar-refractivity contribution is 0.764. The van der Waals surface area contributed by atoms with E-state index in [4.69, 9.17) is 0 Å². The second kappa shape index (κ2) is 4.86. The topological polar surface area (TPSA) is 27.8 Å². The quantitative estimate of drug-likeness (QED) is 0.690. The number of benzene rings is 1. The van der Waals surface area contributed by atoms with Crippen LogP contribution in [0.2, 0.25) is 0 Å². The minimum Gasteiger partial charge on any atom is -0.377 e. The standard InChI is InChI=1S/C15H16N2S/c1-2-13(15-4-3-9-18-15)17-12-5-6-14-11(10-12)7-8-16-14/h3-10,13,16-17H,2H2,1H3. The van der Waals surface area contributed by atoms with Crippen LogP contribution < -0.4 is 5.32 Å². The highest BCUT2D eigenvalue weighted by Crippen LogP contribution is 2.27. The maximum absolute atomic E-state index is 3.61. The van der Waals surface area contributed by atoms with E-state index < -0.39 is 0 Å². The first-order chi connectivity index (χ1) is 8.86. The Labute approximate surface area is 111 Å². The molecule has 0 aliphatic heterocycles. The van der Waals surface area contributed by atoms with Gasteiger partial charge < -0.3 is 10.3 Å². The molecule has 18 heavy (non-hydrogen) atoms. The average Bonchev–Trinajstić information content (AvgIpc) is 3.06. The molecular weight excluding hydrogens is 240 g/mol. The van der Waals surface area contributed by atoms with Gasteiger partial charge in [-0.3, -0.25) is 0 Å². The molecule has 1 aromatic carbocycles. The highest BCUT2D eigenvalue weighted by atomic mass is 32.1. The second-order valence-corrected chi connectivity index (χ2v) is 5.38. The molecule has 92 valence electrons. The van der Waals surface area contributed by atoms with Crippen molar-refractivity contribution in [3.63, 3.8) is 0 Å². The third kappa shape index (κ3) is 2.14. The molecule has 0 saturated heterocycles. The lowest BCUT2D eigenvalue weighted by Gasteiger charge is -2.17. The summed E-state index contributed by atoms with van der Waals surface area (Å²) in [6.07, 6.45) is 3.07. The molecular formula is C15H16N2S. The van der Waals surface area contributed by atoms with Crippen molar-refractivity contribution in [1.29, 1.82) is 0 Å². The maximum Gasteiger partial charge on any atom is 0.0604 e. The predicted octanol–water partition coefficient (Wildman–Crippen LogP) is 4.79. The molecule has 2 N–H and O–H groups in total. The van der Waals surface area contributed by atoms with E-state index in [2.05, 4.69) is 59.0 Å². The zero-order valence-electron chi connectivity index (χ0n) is 10.3. The van der Waals surface area contributed by atoms with Crippen LogP contribution in [-0.4, -0.2) is 4.98 Å². The van der Waals surface area contributed by atoms with Gasteiger partial charge in [0.25, 0.3) is 0 Å². The van der Waals surface area contributed by atoms with Crippen LogP contribution >= 0.6 is 11.3 Å². The van der Waals surface area contributed by atoms with Crippen molar-refractivity contribution in [3.05, 3.63) is 52.9 Å². The SMILES string of the molecule is CCC(Nc1ccc2[nH]ccc2c1)c1cccs1. The van der Waals surface area contributed by atoms with Gasteiger partial charge in [0.1, 0.15) is 0 Å². The molecule has 2 heterocycles. The summed E-state index contributed by atoms with van der Waals surface area (Å²) in [5.41, 5.74) is 2.37. The minimum atomic E-state index is 0.404. The van der Waals surface area contributed by atoms with E-state index in [0.29, 0.717) is 6.04 Å². The molecule has 3 heteroatoms. The Kier molecular flexibility index (Phi) is 3.07. The predicted molar refractivity (Wildman–Crippen MR) is 79.3 cm³/mol. The molecule has 3 rings (SSSR count). The fourth-order valence-electron chi connectivity index (χ4n) is 2.21. The number of hydrogen-bond acceptors (Lipinski definition) is 2. The van der Waals surface area contributed by atoms with Crippen LogP contribution in [0.4, 0.5) is 5.69 Å². The fraction of sp³-hybridized carbons (Fsp3) is 0.200. The van der Waals surface area contributed by atoms with Crippen molar-refractivity contribution in [2.24, 2.45) is 0 Å². The summed E-state index contributed by atoms with van der Waals surface area (Å²) in [5.74, 6) is 0. The van der Waals surface area contributed by atoms with Gasteiger partial charge in [-0.25, -0.2) is 0 Å². The van der Waals surface area contributed by atoms with Crippen LogP contribution in [0.25, 0.3) is 10.9 Å². The largest absolute Gasteiger partial charge is 0.377 e. The molecule has 3 aromatic rings. The summed E-state index contributed by atoms with van der Waals surface area (Å²) in [7, 11) is 0. The highest BCUT2D eigenvalue weighted by Gasteiger charge is 2.10. The Hall–Kier alpha value is -1.74. The Bertz CT molecular complexity index is 625. The molecule has 0 saturated carbocycles. The first kappa shape index (κ1) is 11.4. The van der Waals surface area contributed by atoms with E-state index >= 15 is 0 Å². The van der Waals surface area contributed by atoms with E-state index in [9.17, 15) is 0 Å².